The van der Waals surface area contributed by atoms with E-state index in [1.54, 1.807) is 54.6 Å². The van der Waals surface area contributed by atoms with Crippen molar-refractivity contribution in [3.8, 4) is 11.5 Å². The van der Waals surface area contributed by atoms with Crippen LogP contribution in [-0.2, 0) is 9.59 Å². The molecule has 2 N–H and O–H groups in total. The van der Waals surface area contributed by atoms with Gasteiger partial charge in [-0.1, -0.05) is 47.2 Å². The molecule has 0 saturated carbocycles. The van der Waals surface area contributed by atoms with Crippen LogP contribution in [0.3, 0.4) is 0 Å². The van der Waals surface area contributed by atoms with Crippen molar-refractivity contribution in [3.05, 3.63) is 88.5 Å². The van der Waals surface area contributed by atoms with Crippen LogP contribution >= 0.6 is 22.9 Å². The fraction of sp³-hybridized carbons (Fsp3) is 0.115. The lowest BCUT2D eigenvalue weighted by Gasteiger charge is -2.23. The predicted octanol–water partition coefficient (Wildman–Crippen LogP) is 5.68. The molecule has 0 aliphatic carbocycles. The van der Waals surface area contributed by atoms with E-state index in [4.69, 9.17) is 16.3 Å². The van der Waals surface area contributed by atoms with Gasteiger partial charge in [0.1, 0.15) is 17.3 Å². The van der Waals surface area contributed by atoms with Gasteiger partial charge in [0.15, 0.2) is 5.13 Å². The second-order valence-electron chi connectivity index (χ2n) is 7.83. The predicted molar refractivity (Wildman–Crippen MR) is 135 cm³/mol. The summed E-state index contributed by atoms with van der Waals surface area (Å²) in [5.74, 6) is -1.41. The van der Waals surface area contributed by atoms with Crippen molar-refractivity contribution < 1.29 is 24.5 Å². The summed E-state index contributed by atoms with van der Waals surface area (Å²) in [5.41, 5.74) is 1.42. The van der Waals surface area contributed by atoms with Crippen molar-refractivity contribution in [3.63, 3.8) is 0 Å². The summed E-state index contributed by atoms with van der Waals surface area (Å²) in [6.45, 7) is 2.28. The van der Waals surface area contributed by atoms with Gasteiger partial charge in [-0.05, 0) is 55.0 Å². The Kier molecular flexibility index (Phi) is 5.92. The lowest BCUT2D eigenvalue weighted by Crippen LogP contribution is -2.29. The Morgan fingerprint density at radius 2 is 1.89 bits per heavy atom. The number of anilines is 1. The molecule has 9 heteroatoms. The summed E-state index contributed by atoms with van der Waals surface area (Å²) in [4.78, 5) is 32.5. The summed E-state index contributed by atoms with van der Waals surface area (Å²) < 4.78 is 6.28. The number of halogens is 1. The lowest BCUT2D eigenvalue weighted by molar-refractivity contribution is -0.132. The first-order valence-electron chi connectivity index (χ1n) is 10.8. The first kappa shape index (κ1) is 22.9. The molecule has 3 aromatic carbocycles. The lowest BCUT2D eigenvalue weighted by atomic mass is 9.95. The van der Waals surface area contributed by atoms with E-state index in [0.29, 0.717) is 39.2 Å². The van der Waals surface area contributed by atoms with Crippen LogP contribution in [0, 0.1) is 0 Å². The van der Waals surface area contributed by atoms with Crippen LogP contribution < -0.4 is 9.64 Å². The number of fused-ring (bicyclic) bond motifs is 1. The number of thiazole rings is 1. The zero-order valence-corrected chi connectivity index (χ0v) is 20.0. The Morgan fingerprint density at radius 1 is 1.11 bits per heavy atom. The van der Waals surface area contributed by atoms with Crippen molar-refractivity contribution in [1.29, 1.82) is 0 Å². The molecule has 0 radical (unpaired) electrons. The number of hydrogen-bond acceptors (Lipinski definition) is 7. The number of nitrogens with zero attached hydrogens (tertiary/aromatic N) is 2. The molecule has 5 rings (SSSR count). The number of hydrogen-bond donors (Lipinski definition) is 2. The van der Waals surface area contributed by atoms with E-state index in [9.17, 15) is 19.8 Å². The Hall–Kier alpha value is -3.88. The molecule has 1 aliphatic rings. The van der Waals surface area contributed by atoms with E-state index in [0.717, 1.165) is 4.70 Å². The van der Waals surface area contributed by atoms with Crippen LogP contribution in [0.25, 0.3) is 16.0 Å². The molecule has 1 unspecified atom stereocenters. The zero-order valence-electron chi connectivity index (χ0n) is 18.4. The number of ketones is 1. The Bertz CT molecular complexity index is 1500. The van der Waals surface area contributed by atoms with Gasteiger partial charge in [0.25, 0.3) is 5.78 Å². The average Bonchev–Trinajstić information content (AvgIpc) is 3.37. The summed E-state index contributed by atoms with van der Waals surface area (Å²) >= 11 is 7.33. The number of carbonyl (C=O) groups is 2. The van der Waals surface area contributed by atoms with Gasteiger partial charge in [-0.15, -0.1) is 0 Å². The quantitative estimate of drug-likeness (QED) is 0.205. The molecule has 0 spiro atoms. The van der Waals surface area contributed by atoms with Crippen LogP contribution in [-0.4, -0.2) is 33.5 Å². The van der Waals surface area contributed by atoms with E-state index < -0.39 is 17.7 Å². The molecule has 1 atom stereocenters. The summed E-state index contributed by atoms with van der Waals surface area (Å²) in [6, 6.07) is 17.0. The van der Waals surface area contributed by atoms with Crippen LogP contribution in [0.1, 0.15) is 24.1 Å². The molecule has 0 bridgehead atoms. The van der Waals surface area contributed by atoms with Crippen molar-refractivity contribution >= 4 is 55.7 Å². The van der Waals surface area contributed by atoms with Crippen LogP contribution in [0.4, 0.5) is 5.13 Å². The maximum Gasteiger partial charge on any atom is 0.301 e. The van der Waals surface area contributed by atoms with E-state index in [1.165, 1.54) is 28.4 Å². The van der Waals surface area contributed by atoms with Gasteiger partial charge in [-0.3, -0.25) is 14.5 Å². The first-order valence-corrected chi connectivity index (χ1v) is 12.0. The van der Waals surface area contributed by atoms with Gasteiger partial charge in [0.05, 0.1) is 28.4 Å². The SMILES string of the molecule is CCOc1cccc(/C(O)=C2\C(=O)C(=O)N(c3nc4ccc(Cl)cc4s3)C2c2ccc(O)cc2)c1. The molecule has 1 aromatic heterocycles. The van der Waals surface area contributed by atoms with Crippen molar-refractivity contribution in [1.82, 2.24) is 4.98 Å². The van der Waals surface area contributed by atoms with E-state index in [1.807, 2.05) is 6.92 Å². The molecule has 7 nitrogen and oxygen atoms in total. The van der Waals surface area contributed by atoms with Crippen LogP contribution in [0.2, 0.25) is 5.02 Å². The number of aromatic nitrogens is 1. The smallest absolute Gasteiger partial charge is 0.301 e. The number of Topliss-reactive ketones (excluding diaryl/α,β-unsaturated/α-hetero) is 1. The highest BCUT2D eigenvalue weighted by Gasteiger charge is 2.48. The molecule has 176 valence electrons. The largest absolute Gasteiger partial charge is 0.508 e. The molecular weight excluding hydrogens is 488 g/mol. The Morgan fingerprint density at radius 3 is 2.63 bits per heavy atom. The van der Waals surface area contributed by atoms with E-state index in [-0.39, 0.29) is 17.1 Å². The third-order valence-electron chi connectivity index (χ3n) is 5.62. The molecule has 2 heterocycles. The number of ether oxygens (including phenoxy) is 1. The summed E-state index contributed by atoms with van der Waals surface area (Å²) in [5, 5.41) is 21.9. The molecule has 1 fully saturated rings. The summed E-state index contributed by atoms with van der Waals surface area (Å²) in [6.07, 6.45) is 0. The molecule has 1 saturated heterocycles. The van der Waals surface area contributed by atoms with Gasteiger partial charge in [-0.2, -0.15) is 0 Å². The topological polar surface area (TPSA) is 100.0 Å². The number of benzene rings is 3. The zero-order chi connectivity index (χ0) is 24.7. The molecule has 35 heavy (non-hydrogen) atoms. The van der Waals surface area contributed by atoms with Gasteiger partial charge >= 0.3 is 5.91 Å². The van der Waals surface area contributed by atoms with E-state index >= 15 is 0 Å². The highest BCUT2D eigenvalue weighted by molar-refractivity contribution is 7.22. The molecule has 1 amide bonds. The van der Waals surface area contributed by atoms with Gasteiger partial charge in [0, 0.05) is 10.6 Å². The number of carbonyl (C=O) groups excluding carboxylic acids is 2. The standard InChI is InChI=1S/C26H19ClN2O5S/c1-2-34-18-5-3-4-15(12-18)23(31)21-22(14-6-9-17(30)10-7-14)29(25(33)24(21)32)26-28-19-11-8-16(27)13-20(19)35-26/h3-13,22,30-31H,2H2,1H3/b23-21+. The minimum atomic E-state index is -0.956. The number of aliphatic hydroxyl groups excluding tert-OH is 1. The minimum Gasteiger partial charge on any atom is -0.508 e. The monoisotopic (exact) mass is 506 g/mol. The average molecular weight is 507 g/mol. The number of aromatic hydroxyl groups is 1. The highest BCUT2D eigenvalue weighted by atomic mass is 35.5. The number of aliphatic hydroxyl groups is 1. The van der Waals surface area contributed by atoms with Crippen molar-refractivity contribution in [2.75, 3.05) is 11.5 Å². The normalized spacial score (nSPS) is 17.3. The fourth-order valence-electron chi connectivity index (χ4n) is 4.05. The third-order valence-corrected chi connectivity index (χ3v) is 6.87. The third kappa shape index (κ3) is 4.11. The molecule has 4 aromatic rings. The van der Waals surface area contributed by atoms with Crippen molar-refractivity contribution in [2.24, 2.45) is 0 Å². The maximum absolute atomic E-state index is 13.3. The van der Waals surface area contributed by atoms with Gasteiger partial charge < -0.3 is 14.9 Å². The highest BCUT2D eigenvalue weighted by Crippen LogP contribution is 2.44. The first-order chi connectivity index (χ1) is 16.9. The second kappa shape index (κ2) is 9.05. The van der Waals surface area contributed by atoms with Gasteiger partial charge in [0.2, 0.25) is 0 Å². The number of amides is 1. The second-order valence-corrected chi connectivity index (χ2v) is 9.28. The number of phenolic OH excluding ortho intramolecular Hbond substituents is 1. The number of phenols is 1. The Labute approximate surface area is 209 Å². The van der Waals surface area contributed by atoms with Gasteiger partial charge in [-0.25, -0.2) is 4.98 Å². The summed E-state index contributed by atoms with van der Waals surface area (Å²) in [7, 11) is 0. The van der Waals surface area contributed by atoms with E-state index in [2.05, 4.69) is 4.98 Å². The Balaban J connectivity index is 1.71. The maximum atomic E-state index is 13.3. The molecule has 1 aliphatic heterocycles. The molecular formula is C26H19ClN2O5S. The van der Waals surface area contributed by atoms with Crippen LogP contribution in [0.15, 0.2) is 72.3 Å². The van der Waals surface area contributed by atoms with Crippen LogP contribution in [0.5, 0.6) is 11.5 Å². The van der Waals surface area contributed by atoms with Crippen molar-refractivity contribution in [2.45, 2.75) is 13.0 Å². The number of rotatable bonds is 5. The minimum absolute atomic E-state index is 0.0322. The fourth-order valence-corrected chi connectivity index (χ4v) is 5.31.